The Hall–Kier alpha value is -3.29. The third kappa shape index (κ3) is 5.30. The van der Waals surface area contributed by atoms with Crippen LogP contribution in [-0.4, -0.2) is 10.9 Å². The van der Waals surface area contributed by atoms with Gasteiger partial charge >= 0.3 is 0 Å². The van der Waals surface area contributed by atoms with Gasteiger partial charge in [0.2, 0.25) is 0 Å². The summed E-state index contributed by atoms with van der Waals surface area (Å²) >= 11 is 0. The fourth-order valence-electron chi connectivity index (χ4n) is 3.80. The van der Waals surface area contributed by atoms with E-state index in [1.165, 1.54) is 24.6 Å². The summed E-state index contributed by atoms with van der Waals surface area (Å²) in [6, 6.07) is 28.6. The van der Waals surface area contributed by atoms with Gasteiger partial charge < -0.3 is 5.11 Å². The molecule has 32 heavy (non-hydrogen) atoms. The van der Waals surface area contributed by atoms with Crippen LogP contribution >= 0.6 is 8.58 Å². The smallest absolute Gasteiger partial charge is 0.160 e. The van der Waals surface area contributed by atoms with E-state index in [9.17, 15) is 14.3 Å². The number of benzene rings is 4. The lowest BCUT2D eigenvalue weighted by Crippen LogP contribution is -2.14. The van der Waals surface area contributed by atoms with E-state index in [0.29, 0.717) is 12.0 Å². The van der Waals surface area contributed by atoms with Crippen molar-refractivity contribution in [2.24, 2.45) is 0 Å². The highest BCUT2D eigenvalue weighted by Crippen LogP contribution is 2.28. The molecule has 1 atom stereocenters. The van der Waals surface area contributed by atoms with Crippen molar-refractivity contribution >= 4 is 25.0 Å². The Morgan fingerprint density at radius 1 is 0.781 bits per heavy atom. The van der Waals surface area contributed by atoms with Gasteiger partial charge in [-0.3, -0.25) is 4.79 Å². The first kappa shape index (κ1) is 21.9. The predicted molar refractivity (Wildman–Crippen MR) is 131 cm³/mol. The molecule has 160 valence electrons. The fraction of sp³-hybridized carbons (Fsp3) is 0.107. The first-order valence-corrected chi connectivity index (χ1v) is 11.5. The highest BCUT2D eigenvalue weighted by Gasteiger charge is 2.15. The van der Waals surface area contributed by atoms with Gasteiger partial charge in [0.15, 0.2) is 5.78 Å². The zero-order chi connectivity index (χ0) is 22.5. The SMILES string of the molecule is CC(=O)c1cc(F)ccc1Pc1cc(Cc2ccccc2)cc(Cc2ccccc2)c1O. The predicted octanol–water partition coefficient (Wildman–Crippen LogP) is 5.54. The molecular weight excluding hydrogens is 418 g/mol. The number of hydrogen-bond donors (Lipinski definition) is 1. The van der Waals surface area contributed by atoms with Gasteiger partial charge in [0.1, 0.15) is 11.6 Å². The van der Waals surface area contributed by atoms with Gasteiger partial charge in [-0.15, -0.1) is 0 Å². The maximum Gasteiger partial charge on any atom is 0.160 e. The number of hydrogen-bond acceptors (Lipinski definition) is 2. The maximum absolute atomic E-state index is 13.7. The zero-order valence-corrected chi connectivity index (χ0v) is 18.8. The van der Waals surface area contributed by atoms with Crippen molar-refractivity contribution in [3.8, 4) is 5.75 Å². The quantitative estimate of drug-likeness (QED) is 0.301. The van der Waals surface area contributed by atoms with Crippen LogP contribution in [0.15, 0.2) is 91.0 Å². The van der Waals surface area contributed by atoms with E-state index in [1.54, 1.807) is 6.07 Å². The normalized spacial score (nSPS) is 11.2. The molecule has 0 aliphatic carbocycles. The van der Waals surface area contributed by atoms with E-state index in [0.717, 1.165) is 33.7 Å². The molecule has 0 bridgehead atoms. The van der Waals surface area contributed by atoms with Gasteiger partial charge in [-0.05, 0) is 59.1 Å². The van der Waals surface area contributed by atoms with Gasteiger partial charge in [0.25, 0.3) is 0 Å². The molecule has 0 fully saturated rings. The zero-order valence-electron chi connectivity index (χ0n) is 17.8. The molecule has 0 heterocycles. The maximum atomic E-state index is 13.7. The molecule has 0 amide bonds. The van der Waals surface area contributed by atoms with Crippen LogP contribution in [0.5, 0.6) is 5.75 Å². The molecule has 1 unspecified atom stereocenters. The Bertz CT molecular complexity index is 1240. The molecule has 2 nitrogen and oxygen atoms in total. The summed E-state index contributed by atoms with van der Waals surface area (Å²) in [7, 11) is 0.0402. The molecule has 0 aliphatic rings. The van der Waals surface area contributed by atoms with Crippen molar-refractivity contribution in [2.45, 2.75) is 19.8 Å². The van der Waals surface area contributed by atoms with E-state index in [2.05, 4.69) is 18.2 Å². The van der Waals surface area contributed by atoms with Crippen LogP contribution in [0.25, 0.3) is 0 Å². The first-order valence-electron chi connectivity index (χ1n) is 10.5. The number of phenolic OH excluding ortho intramolecular Hbond substituents is 1. The molecule has 1 N–H and O–H groups in total. The number of carbonyl (C=O) groups excluding carboxylic acids is 1. The van der Waals surface area contributed by atoms with Crippen molar-refractivity contribution in [1.82, 2.24) is 0 Å². The Morgan fingerprint density at radius 3 is 2.03 bits per heavy atom. The molecule has 0 saturated heterocycles. The Kier molecular flexibility index (Phi) is 6.78. The summed E-state index contributed by atoms with van der Waals surface area (Å²) in [5.74, 6) is -0.380. The average Bonchev–Trinajstić information content (AvgIpc) is 2.79. The summed E-state index contributed by atoms with van der Waals surface area (Å²) in [5, 5.41) is 12.6. The van der Waals surface area contributed by atoms with Gasteiger partial charge in [-0.25, -0.2) is 4.39 Å². The second-order valence-corrected chi connectivity index (χ2v) is 9.17. The minimum Gasteiger partial charge on any atom is -0.507 e. The van der Waals surface area contributed by atoms with Crippen LogP contribution in [-0.2, 0) is 12.8 Å². The van der Waals surface area contributed by atoms with E-state index in [-0.39, 0.29) is 20.1 Å². The van der Waals surface area contributed by atoms with E-state index >= 15 is 0 Å². The molecule has 0 saturated carbocycles. The summed E-state index contributed by atoms with van der Waals surface area (Å²) in [5.41, 5.74) is 4.60. The third-order valence-electron chi connectivity index (χ3n) is 5.37. The van der Waals surface area contributed by atoms with Crippen molar-refractivity contribution in [3.05, 3.63) is 125 Å². The largest absolute Gasteiger partial charge is 0.507 e. The molecule has 4 aromatic carbocycles. The standard InChI is InChI=1S/C28H24FO2P/c1-19(30)25-18-24(29)12-13-26(25)32-27-17-22(14-20-8-4-2-5-9-20)16-23(28(27)31)15-21-10-6-3-7-11-21/h2-13,16-18,31-32H,14-15H2,1H3. The van der Waals surface area contributed by atoms with Crippen molar-refractivity contribution in [1.29, 1.82) is 0 Å². The summed E-state index contributed by atoms with van der Waals surface area (Å²) in [6.07, 6.45) is 1.35. The molecule has 0 spiro atoms. The second-order valence-electron chi connectivity index (χ2n) is 7.85. The number of phenols is 1. The van der Waals surface area contributed by atoms with E-state index in [1.807, 2.05) is 54.6 Å². The lowest BCUT2D eigenvalue weighted by atomic mass is 9.98. The lowest BCUT2D eigenvalue weighted by molar-refractivity contribution is 0.101. The number of carbonyl (C=O) groups is 1. The van der Waals surface area contributed by atoms with Crippen LogP contribution in [0.1, 0.15) is 39.5 Å². The molecule has 0 radical (unpaired) electrons. The molecule has 0 aromatic heterocycles. The molecule has 4 rings (SSSR count). The summed E-state index contributed by atoms with van der Waals surface area (Å²) < 4.78 is 13.7. The van der Waals surface area contributed by atoms with Crippen molar-refractivity contribution in [2.75, 3.05) is 0 Å². The second kappa shape index (κ2) is 9.89. The van der Waals surface area contributed by atoms with Crippen molar-refractivity contribution < 1.29 is 14.3 Å². The van der Waals surface area contributed by atoms with Gasteiger partial charge in [-0.2, -0.15) is 0 Å². The number of ketones is 1. The van der Waals surface area contributed by atoms with Gasteiger partial charge in [-0.1, -0.05) is 81.4 Å². The summed E-state index contributed by atoms with van der Waals surface area (Å²) in [6.45, 7) is 1.44. The Morgan fingerprint density at radius 2 is 1.41 bits per heavy atom. The monoisotopic (exact) mass is 442 g/mol. The minimum atomic E-state index is -0.435. The van der Waals surface area contributed by atoms with Crippen LogP contribution in [0.3, 0.4) is 0 Å². The molecule has 0 aliphatic heterocycles. The van der Waals surface area contributed by atoms with Gasteiger partial charge in [0.05, 0.1) is 0 Å². The van der Waals surface area contributed by atoms with E-state index in [4.69, 9.17) is 0 Å². The van der Waals surface area contributed by atoms with Crippen molar-refractivity contribution in [3.63, 3.8) is 0 Å². The fourth-order valence-corrected chi connectivity index (χ4v) is 5.18. The van der Waals surface area contributed by atoms with E-state index < -0.39 is 5.82 Å². The molecule has 4 aromatic rings. The highest BCUT2D eigenvalue weighted by atomic mass is 31.1. The molecule has 4 heteroatoms. The first-order chi connectivity index (χ1) is 15.5. The minimum absolute atomic E-state index is 0.0402. The number of rotatable bonds is 7. The average molecular weight is 442 g/mol. The van der Waals surface area contributed by atoms with Crippen LogP contribution in [0.2, 0.25) is 0 Å². The molecular formula is C28H24FO2P. The third-order valence-corrected chi connectivity index (χ3v) is 6.72. The highest BCUT2D eigenvalue weighted by molar-refractivity contribution is 7.56. The number of halogens is 1. The number of aromatic hydroxyl groups is 1. The van der Waals surface area contributed by atoms with Crippen LogP contribution in [0, 0.1) is 5.82 Å². The topological polar surface area (TPSA) is 37.3 Å². The van der Waals surface area contributed by atoms with Crippen LogP contribution in [0.4, 0.5) is 4.39 Å². The Balaban J connectivity index is 1.76. The lowest BCUT2D eigenvalue weighted by Gasteiger charge is -2.15. The summed E-state index contributed by atoms with van der Waals surface area (Å²) in [4.78, 5) is 12.1. The van der Waals surface area contributed by atoms with Gasteiger partial charge in [0, 0.05) is 17.3 Å². The number of Topliss-reactive ketones (excluding diaryl/α,β-unsaturated/α-hetero) is 1. The Labute approximate surface area is 189 Å². The van der Waals surface area contributed by atoms with Crippen LogP contribution < -0.4 is 10.6 Å².